The van der Waals surface area contributed by atoms with Gasteiger partial charge in [-0.15, -0.1) is 0 Å². The first-order valence-corrected chi connectivity index (χ1v) is 9.51. The van der Waals surface area contributed by atoms with E-state index in [1.54, 1.807) is 23.9 Å². The Bertz CT molecular complexity index is 783. The van der Waals surface area contributed by atoms with Crippen LogP contribution < -0.4 is 5.32 Å². The average molecular weight is 390 g/mol. The fourth-order valence-electron chi connectivity index (χ4n) is 2.29. The van der Waals surface area contributed by atoms with Crippen LogP contribution in [0.4, 0.5) is 0 Å². The number of hydrogen-bond donors (Lipinski definition) is 1. The van der Waals surface area contributed by atoms with Crippen LogP contribution in [0.2, 0.25) is 10.0 Å². The van der Waals surface area contributed by atoms with Crippen molar-refractivity contribution in [1.82, 2.24) is 5.32 Å². The Morgan fingerprint density at radius 3 is 2.68 bits per heavy atom. The van der Waals surface area contributed by atoms with Crippen molar-refractivity contribution in [2.24, 2.45) is 0 Å². The molecule has 0 aliphatic rings. The minimum atomic E-state index is 0.204. The largest absolute Gasteiger partial charge is 0.306 e. The van der Waals surface area contributed by atoms with E-state index in [9.17, 15) is 0 Å². The Labute approximate surface area is 164 Å². The van der Waals surface area contributed by atoms with Gasteiger partial charge in [-0.25, -0.2) is 0 Å². The number of rotatable bonds is 8. The lowest BCUT2D eigenvalue weighted by atomic mass is 10.1. The quantitative estimate of drug-likeness (QED) is 0.378. The third-order valence-corrected chi connectivity index (χ3v) is 5.44. The van der Waals surface area contributed by atoms with Crippen LogP contribution in [-0.4, -0.2) is 0 Å². The standard InChI is InChI=1S/C21H21Cl2NS/c1-4-7-19(5-2)25-21-12-16(10-11-20(21)23)14-24-15(3)17-8-6-9-18(22)13-17/h4-13,15,24H,1-2,14H2,3H3/b19-7+. The Morgan fingerprint density at radius 2 is 2.00 bits per heavy atom. The molecule has 4 heteroatoms. The number of halogens is 2. The molecule has 130 valence electrons. The van der Waals surface area contributed by atoms with Gasteiger partial charge < -0.3 is 5.32 Å². The molecule has 2 aromatic carbocycles. The third kappa shape index (κ3) is 6.09. The minimum Gasteiger partial charge on any atom is -0.306 e. The fourth-order valence-corrected chi connectivity index (χ4v) is 3.60. The molecule has 2 aromatic rings. The van der Waals surface area contributed by atoms with E-state index in [2.05, 4.69) is 37.5 Å². The molecule has 1 nitrogen and oxygen atoms in total. The van der Waals surface area contributed by atoms with E-state index in [0.29, 0.717) is 0 Å². The molecule has 0 aliphatic heterocycles. The molecule has 0 radical (unpaired) electrons. The van der Waals surface area contributed by atoms with Crippen LogP contribution in [0.25, 0.3) is 0 Å². The second-order valence-corrected chi connectivity index (χ2v) is 7.49. The zero-order chi connectivity index (χ0) is 18.2. The molecule has 0 bridgehead atoms. The predicted molar refractivity (Wildman–Crippen MR) is 112 cm³/mol. The molecule has 0 saturated heterocycles. The van der Waals surface area contributed by atoms with E-state index in [1.165, 1.54) is 11.1 Å². The second kappa shape index (κ2) is 9.88. The Balaban J connectivity index is 2.07. The van der Waals surface area contributed by atoms with E-state index in [0.717, 1.165) is 26.4 Å². The zero-order valence-electron chi connectivity index (χ0n) is 14.1. The third-order valence-electron chi connectivity index (χ3n) is 3.67. The van der Waals surface area contributed by atoms with Crippen molar-refractivity contribution >= 4 is 35.0 Å². The number of thioether (sulfide) groups is 1. The lowest BCUT2D eigenvalue weighted by Crippen LogP contribution is -2.18. The van der Waals surface area contributed by atoms with Gasteiger partial charge >= 0.3 is 0 Å². The fraction of sp³-hybridized carbons (Fsp3) is 0.143. The molecule has 0 spiro atoms. The highest BCUT2D eigenvalue weighted by Gasteiger charge is 2.08. The summed E-state index contributed by atoms with van der Waals surface area (Å²) in [5.74, 6) is 0. The van der Waals surface area contributed by atoms with E-state index in [4.69, 9.17) is 23.2 Å². The summed E-state index contributed by atoms with van der Waals surface area (Å²) in [6.07, 6.45) is 5.46. The van der Waals surface area contributed by atoms with E-state index in [1.807, 2.05) is 36.4 Å². The summed E-state index contributed by atoms with van der Waals surface area (Å²) in [6.45, 7) is 10.4. The maximum absolute atomic E-state index is 6.33. The first kappa shape index (κ1) is 19.9. The Hall–Kier alpha value is -1.45. The lowest BCUT2D eigenvalue weighted by Gasteiger charge is -2.15. The van der Waals surface area contributed by atoms with Crippen molar-refractivity contribution in [2.45, 2.75) is 24.4 Å². The van der Waals surface area contributed by atoms with Gasteiger partial charge in [0.15, 0.2) is 0 Å². The highest BCUT2D eigenvalue weighted by molar-refractivity contribution is 8.03. The number of benzene rings is 2. The van der Waals surface area contributed by atoms with Crippen LogP contribution in [0.5, 0.6) is 0 Å². The molecule has 0 amide bonds. The first-order valence-electron chi connectivity index (χ1n) is 7.93. The second-order valence-electron chi connectivity index (χ2n) is 5.53. The summed E-state index contributed by atoms with van der Waals surface area (Å²) < 4.78 is 0. The van der Waals surface area contributed by atoms with Crippen LogP contribution in [0.3, 0.4) is 0 Å². The van der Waals surface area contributed by atoms with E-state index in [-0.39, 0.29) is 6.04 Å². The topological polar surface area (TPSA) is 12.0 Å². The van der Waals surface area contributed by atoms with Crippen molar-refractivity contribution in [3.63, 3.8) is 0 Å². The normalized spacial score (nSPS) is 12.7. The van der Waals surface area contributed by atoms with Gasteiger partial charge in [0.1, 0.15) is 0 Å². The van der Waals surface area contributed by atoms with Crippen LogP contribution in [0, 0.1) is 0 Å². The number of nitrogens with one attached hydrogen (secondary N) is 1. The minimum absolute atomic E-state index is 0.204. The van der Waals surface area contributed by atoms with Crippen molar-refractivity contribution < 1.29 is 0 Å². The number of hydrogen-bond acceptors (Lipinski definition) is 2. The smallest absolute Gasteiger partial charge is 0.0545 e. The molecule has 1 unspecified atom stereocenters. The molecular weight excluding hydrogens is 369 g/mol. The molecule has 0 heterocycles. The van der Waals surface area contributed by atoms with Gasteiger partial charge in [-0.05, 0) is 48.4 Å². The van der Waals surface area contributed by atoms with Gasteiger partial charge in [-0.1, -0.05) is 78.5 Å². The zero-order valence-corrected chi connectivity index (χ0v) is 16.5. The van der Waals surface area contributed by atoms with Gasteiger partial charge in [0.25, 0.3) is 0 Å². The van der Waals surface area contributed by atoms with Crippen LogP contribution in [0.15, 0.2) is 83.7 Å². The summed E-state index contributed by atoms with van der Waals surface area (Å²) in [5, 5.41) is 5.00. The summed E-state index contributed by atoms with van der Waals surface area (Å²) in [5.41, 5.74) is 2.33. The van der Waals surface area contributed by atoms with E-state index < -0.39 is 0 Å². The Kier molecular flexibility index (Phi) is 7.86. The van der Waals surface area contributed by atoms with Gasteiger partial charge in [-0.3, -0.25) is 0 Å². The van der Waals surface area contributed by atoms with Crippen molar-refractivity contribution in [3.05, 3.63) is 99.9 Å². The highest BCUT2D eigenvalue weighted by Crippen LogP contribution is 2.34. The average Bonchev–Trinajstić information content (AvgIpc) is 2.61. The summed E-state index contributed by atoms with van der Waals surface area (Å²) >= 11 is 14.0. The van der Waals surface area contributed by atoms with Crippen LogP contribution >= 0.6 is 35.0 Å². The van der Waals surface area contributed by atoms with Crippen molar-refractivity contribution in [3.8, 4) is 0 Å². The SMILES string of the molecule is C=C/C=C(\C=C)Sc1cc(CNC(C)c2cccc(Cl)c2)ccc1Cl. The molecule has 25 heavy (non-hydrogen) atoms. The van der Waals surface area contributed by atoms with Crippen molar-refractivity contribution in [1.29, 1.82) is 0 Å². The summed E-state index contributed by atoms with van der Waals surface area (Å²) in [7, 11) is 0. The first-order chi connectivity index (χ1) is 12.0. The monoisotopic (exact) mass is 389 g/mol. The molecule has 0 fully saturated rings. The van der Waals surface area contributed by atoms with Crippen LogP contribution in [-0.2, 0) is 6.54 Å². The maximum atomic E-state index is 6.33. The summed E-state index contributed by atoms with van der Waals surface area (Å²) in [6, 6.07) is 14.2. The molecule has 0 aliphatic carbocycles. The molecule has 1 atom stereocenters. The van der Waals surface area contributed by atoms with E-state index >= 15 is 0 Å². The van der Waals surface area contributed by atoms with Gasteiger partial charge in [0.2, 0.25) is 0 Å². The predicted octanol–water partition coefficient (Wildman–Crippen LogP) is 7.19. The lowest BCUT2D eigenvalue weighted by molar-refractivity contribution is 0.574. The number of allylic oxidation sites excluding steroid dienone is 3. The van der Waals surface area contributed by atoms with Crippen molar-refractivity contribution in [2.75, 3.05) is 0 Å². The molecule has 0 saturated carbocycles. The summed E-state index contributed by atoms with van der Waals surface area (Å²) in [4.78, 5) is 2.01. The molecule has 0 aromatic heterocycles. The molecular formula is C21H21Cl2NS. The molecule has 2 rings (SSSR count). The van der Waals surface area contributed by atoms with Gasteiger partial charge in [0.05, 0.1) is 5.02 Å². The maximum Gasteiger partial charge on any atom is 0.0545 e. The Morgan fingerprint density at radius 1 is 1.20 bits per heavy atom. The van der Waals surface area contributed by atoms with Gasteiger partial charge in [-0.2, -0.15) is 0 Å². The highest BCUT2D eigenvalue weighted by atomic mass is 35.5. The van der Waals surface area contributed by atoms with Gasteiger partial charge in [0, 0.05) is 27.4 Å². The molecule has 1 N–H and O–H groups in total. The van der Waals surface area contributed by atoms with Crippen LogP contribution in [0.1, 0.15) is 24.1 Å².